The number of hydrogen-bond acceptors (Lipinski definition) is 3. The van der Waals surface area contributed by atoms with E-state index in [0.29, 0.717) is 16.1 Å². The fourth-order valence-electron chi connectivity index (χ4n) is 3.62. The molecule has 1 aliphatic heterocycles. The molecule has 2 amide bonds. The molecule has 0 bridgehead atoms. The molecule has 1 heterocycles. The predicted octanol–water partition coefficient (Wildman–Crippen LogP) is 4.55. The second-order valence-corrected chi connectivity index (χ2v) is 8.82. The Balaban J connectivity index is 1.44. The highest BCUT2D eigenvalue weighted by atomic mass is 35.5. The minimum absolute atomic E-state index is 0.0839. The first-order chi connectivity index (χ1) is 14.3. The van der Waals surface area contributed by atoms with Crippen LogP contribution in [0.1, 0.15) is 35.7 Å². The molecule has 160 valence electrons. The molecule has 30 heavy (non-hydrogen) atoms. The molecule has 2 N–H and O–H groups in total. The first-order valence-electron chi connectivity index (χ1n) is 9.83. The molecule has 2 atom stereocenters. The van der Waals surface area contributed by atoms with Gasteiger partial charge in [-0.3, -0.25) is 14.5 Å². The average Bonchev–Trinajstić information content (AvgIpc) is 2.71. The van der Waals surface area contributed by atoms with Gasteiger partial charge in [0.15, 0.2) is 0 Å². The number of hydrogen-bond donors (Lipinski definition) is 2. The summed E-state index contributed by atoms with van der Waals surface area (Å²) < 4.78 is 0. The largest absolute Gasteiger partial charge is 0.352 e. The molecule has 1 aliphatic rings. The fraction of sp³-hybridized carbons (Fsp3) is 0.364. The van der Waals surface area contributed by atoms with Crippen LogP contribution in [0, 0.1) is 0 Å². The molecule has 1 saturated heterocycles. The lowest BCUT2D eigenvalue weighted by atomic mass is 9.97. The highest BCUT2D eigenvalue weighted by Crippen LogP contribution is 2.22. The van der Waals surface area contributed by atoms with Crippen LogP contribution in [0.25, 0.3) is 0 Å². The third kappa shape index (κ3) is 6.35. The van der Waals surface area contributed by atoms with Crippen molar-refractivity contribution in [1.82, 2.24) is 15.5 Å². The van der Waals surface area contributed by atoms with Crippen LogP contribution in [0.15, 0.2) is 42.5 Å². The van der Waals surface area contributed by atoms with Gasteiger partial charge in [-0.25, -0.2) is 0 Å². The van der Waals surface area contributed by atoms with Gasteiger partial charge in [-0.2, -0.15) is 0 Å². The maximum atomic E-state index is 12.3. The molecule has 0 unspecified atom stereocenters. The van der Waals surface area contributed by atoms with Gasteiger partial charge in [-0.1, -0.05) is 46.9 Å². The zero-order valence-electron chi connectivity index (χ0n) is 16.6. The molecule has 0 saturated carbocycles. The van der Waals surface area contributed by atoms with Crippen molar-refractivity contribution in [3.05, 3.63) is 68.7 Å². The quantitative estimate of drug-likeness (QED) is 0.654. The molecule has 0 aromatic heterocycles. The Bertz CT molecular complexity index is 905. The standard InChI is InChI=1S/C22H24Cl3N3O2/c1-14-10-18(8-9-28(14)13-15-2-4-16(23)5-3-15)27-21(29)12-26-22(30)19-11-17(24)6-7-20(19)25/h2-7,11,14,18H,8-10,12-13H2,1H3,(H,26,30)(H,27,29)/t14-,18-/m0/s1. The van der Waals surface area contributed by atoms with Crippen molar-refractivity contribution in [3.8, 4) is 0 Å². The third-order valence-electron chi connectivity index (χ3n) is 5.26. The van der Waals surface area contributed by atoms with Crippen LogP contribution in [0.2, 0.25) is 15.1 Å². The van der Waals surface area contributed by atoms with Gasteiger partial charge in [0.2, 0.25) is 5.91 Å². The third-order valence-corrected chi connectivity index (χ3v) is 6.08. The topological polar surface area (TPSA) is 61.4 Å². The molecular formula is C22H24Cl3N3O2. The first-order valence-corrected chi connectivity index (χ1v) is 11.0. The Morgan fingerprint density at radius 1 is 1.07 bits per heavy atom. The fourth-order valence-corrected chi connectivity index (χ4v) is 4.12. The number of carbonyl (C=O) groups is 2. The van der Waals surface area contributed by atoms with Crippen LogP contribution in [0.4, 0.5) is 0 Å². The van der Waals surface area contributed by atoms with Crippen LogP contribution in [-0.2, 0) is 11.3 Å². The lowest BCUT2D eigenvalue weighted by Gasteiger charge is -2.38. The van der Waals surface area contributed by atoms with E-state index in [2.05, 4.69) is 22.5 Å². The van der Waals surface area contributed by atoms with Crippen molar-refractivity contribution in [2.24, 2.45) is 0 Å². The highest BCUT2D eigenvalue weighted by Gasteiger charge is 2.26. The van der Waals surface area contributed by atoms with Crippen molar-refractivity contribution in [2.45, 2.75) is 38.4 Å². The van der Waals surface area contributed by atoms with E-state index in [0.717, 1.165) is 31.0 Å². The number of piperidine rings is 1. The summed E-state index contributed by atoms with van der Waals surface area (Å²) in [7, 11) is 0. The Labute approximate surface area is 191 Å². The van der Waals surface area contributed by atoms with Crippen molar-refractivity contribution in [3.63, 3.8) is 0 Å². The van der Waals surface area contributed by atoms with Crippen LogP contribution < -0.4 is 10.6 Å². The maximum absolute atomic E-state index is 12.3. The van der Waals surface area contributed by atoms with E-state index < -0.39 is 5.91 Å². The lowest BCUT2D eigenvalue weighted by molar-refractivity contribution is -0.121. The van der Waals surface area contributed by atoms with Crippen molar-refractivity contribution in [1.29, 1.82) is 0 Å². The number of likely N-dealkylation sites (tertiary alicyclic amines) is 1. The summed E-state index contributed by atoms with van der Waals surface area (Å²) in [6.45, 7) is 3.80. The lowest BCUT2D eigenvalue weighted by Crippen LogP contribution is -2.50. The van der Waals surface area contributed by atoms with E-state index in [-0.39, 0.29) is 24.1 Å². The molecule has 3 rings (SSSR count). The summed E-state index contributed by atoms with van der Waals surface area (Å²) in [5, 5.41) is 7.05. The average molecular weight is 469 g/mol. The van der Waals surface area contributed by atoms with Crippen LogP contribution in [0.3, 0.4) is 0 Å². The Hall–Kier alpha value is -1.79. The van der Waals surface area contributed by atoms with E-state index in [9.17, 15) is 9.59 Å². The van der Waals surface area contributed by atoms with Crippen molar-refractivity contribution >= 4 is 46.6 Å². The molecule has 0 aliphatic carbocycles. The minimum Gasteiger partial charge on any atom is -0.352 e. The summed E-state index contributed by atoms with van der Waals surface area (Å²) >= 11 is 17.9. The molecule has 8 heteroatoms. The van der Waals surface area contributed by atoms with Crippen LogP contribution in [-0.4, -0.2) is 41.9 Å². The number of amides is 2. The van der Waals surface area contributed by atoms with Gasteiger partial charge in [0.25, 0.3) is 5.91 Å². The monoisotopic (exact) mass is 467 g/mol. The Morgan fingerprint density at radius 2 is 1.77 bits per heavy atom. The van der Waals surface area contributed by atoms with E-state index in [1.807, 2.05) is 24.3 Å². The molecule has 1 fully saturated rings. The van der Waals surface area contributed by atoms with E-state index >= 15 is 0 Å². The Kier molecular flexibility index (Phi) is 8.00. The van der Waals surface area contributed by atoms with Gasteiger partial charge in [0, 0.05) is 35.2 Å². The smallest absolute Gasteiger partial charge is 0.253 e. The molecular weight excluding hydrogens is 445 g/mol. The van der Waals surface area contributed by atoms with Crippen molar-refractivity contribution in [2.75, 3.05) is 13.1 Å². The molecule has 2 aromatic rings. The van der Waals surface area contributed by atoms with Gasteiger partial charge >= 0.3 is 0 Å². The van der Waals surface area contributed by atoms with Gasteiger partial charge in [-0.05, 0) is 55.7 Å². The number of nitrogens with zero attached hydrogens (tertiary/aromatic N) is 1. The van der Waals surface area contributed by atoms with Gasteiger partial charge in [0.1, 0.15) is 0 Å². The van der Waals surface area contributed by atoms with Gasteiger partial charge in [0.05, 0.1) is 17.1 Å². The predicted molar refractivity (Wildman–Crippen MR) is 121 cm³/mol. The highest BCUT2D eigenvalue weighted by molar-refractivity contribution is 6.35. The van der Waals surface area contributed by atoms with Crippen molar-refractivity contribution < 1.29 is 9.59 Å². The second kappa shape index (κ2) is 10.5. The van der Waals surface area contributed by atoms with Gasteiger partial charge in [-0.15, -0.1) is 0 Å². The molecule has 2 aromatic carbocycles. The number of halogens is 3. The van der Waals surface area contributed by atoms with Gasteiger partial charge < -0.3 is 10.6 Å². The number of carbonyl (C=O) groups excluding carboxylic acids is 2. The van der Waals surface area contributed by atoms with Crippen LogP contribution >= 0.6 is 34.8 Å². The number of nitrogens with one attached hydrogen (secondary N) is 2. The summed E-state index contributed by atoms with van der Waals surface area (Å²) in [6.07, 6.45) is 1.71. The van der Waals surface area contributed by atoms with Crippen LogP contribution in [0.5, 0.6) is 0 Å². The second-order valence-electron chi connectivity index (χ2n) is 7.54. The van der Waals surface area contributed by atoms with E-state index in [1.54, 1.807) is 12.1 Å². The Morgan fingerprint density at radius 3 is 2.47 bits per heavy atom. The number of benzene rings is 2. The summed E-state index contributed by atoms with van der Waals surface area (Å²) in [5.41, 5.74) is 1.47. The summed E-state index contributed by atoms with van der Waals surface area (Å²) in [5.74, 6) is -0.645. The maximum Gasteiger partial charge on any atom is 0.253 e. The first kappa shape index (κ1) is 22.9. The summed E-state index contributed by atoms with van der Waals surface area (Å²) in [6, 6.07) is 12.9. The zero-order chi connectivity index (χ0) is 21.7. The number of rotatable bonds is 6. The SMILES string of the molecule is C[C@H]1C[C@@H](NC(=O)CNC(=O)c2cc(Cl)ccc2Cl)CCN1Cc1ccc(Cl)cc1. The summed E-state index contributed by atoms with van der Waals surface area (Å²) in [4.78, 5) is 27.0. The minimum atomic E-state index is -0.427. The molecule has 0 spiro atoms. The normalized spacial score (nSPS) is 19.3. The molecule has 0 radical (unpaired) electrons. The van der Waals surface area contributed by atoms with E-state index in [4.69, 9.17) is 34.8 Å². The zero-order valence-corrected chi connectivity index (χ0v) is 18.9. The van der Waals surface area contributed by atoms with E-state index in [1.165, 1.54) is 11.6 Å². The molecule has 5 nitrogen and oxygen atoms in total.